The topological polar surface area (TPSA) is 106 Å². The van der Waals surface area contributed by atoms with E-state index >= 15 is 0 Å². The van der Waals surface area contributed by atoms with E-state index in [1.165, 1.54) is 4.90 Å². The Kier molecular flexibility index (Phi) is 8.89. The number of nitrogens with one attached hydrogen (secondary N) is 1. The molecule has 39 heavy (non-hydrogen) atoms. The Morgan fingerprint density at radius 2 is 1.90 bits per heavy atom. The molecule has 1 aromatic heterocycles. The number of piperidine rings is 1. The number of hydrogen-bond acceptors (Lipinski definition) is 8. The van der Waals surface area contributed by atoms with Crippen LogP contribution in [0.4, 0.5) is 25.7 Å². The molecule has 3 heterocycles. The van der Waals surface area contributed by atoms with Crippen LogP contribution in [-0.2, 0) is 20.8 Å². The van der Waals surface area contributed by atoms with Crippen molar-refractivity contribution in [3.8, 4) is 0 Å². The fourth-order valence-electron chi connectivity index (χ4n) is 4.97. The van der Waals surface area contributed by atoms with Crippen LogP contribution in [0, 0.1) is 11.7 Å². The Balaban J connectivity index is 1.34. The third-order valence-corrected chi connectivity index (χ3v) is 7.01. The first kappa shape index (κ1) is 28.5. The molecule has 10 nitrogen and oxygen atoms in total. The number of cyclic esters (lactones) is 1. The van der Waals surface area contributed by atoms with Crippen LogP contribution in [0.15, 0.2) is 36.5 Å². The predicted octanol–water partition coefficient (Wildman–Crippen LogP) is 4.99. The molecule has 0 aliphatic carbocycles. The smallest absolute Gasteiger partial charge is 0.416 e. The SMILES string of the molecule is CC(OC(C)(C)C)[C@H]1COC(=O)N1c1nc(N[C@@H](C)C2CCN(C(=O)OCc3ccccc3)CC2)ncc1F. The molecule has 2 aromatic rings. The first-order chi connectivity index (χ1) is 18.5. The molecule has 1 aromatic carbocycles. The molecule has 4 rings (SSSR count). The average Bonchev–Trinajstić information content (AvgIpc) is 3.29. The zero-order valence-electron chi connectivity index (χ0n) is 23.2. The van der Waals surface area contributed by atoms with Crippen molar-refractivity contribution in [3.05, 3.63) is 47.9 Å². The van der Waals surface area contributed by atoms with Gasteiger partial charge >= 0.3 is 12.2 Å². The minimum atomic E-state index is -0.720. The molecule has 2 fully saturated rings. The maximum atomic E-state index is 14.9. The largest absolute Gasteiger partial charge is 0.447 e. The fourth-order valence-corrected chi connectivity index (χ4v) is 4.97. The molecule has 2 aliphatic heterocycles. The number of amides is 2. The van der Waals surface area contributed by atoms with Crippen LogP contribution in [0.1, 0.15) is 53.0 Å². The molecule has 1 unspecified atom stereocenters. The fraction of sp³-hybridized carbons (Fsp3) is 0.571. The van der Waals surface area contributed by atoms with Gasteiger partial charge in [-0.05, 0) is 58.9 Å². The summed E-state index contributed by atoms with van der Waals surface area (Å²) in [4.78, 5) is 36.4. The summed E-state index contributed by atoms with van der Waals surface area (Å²) < 4.78 is 31.6. The van der Waals surface area contributed by atoms with Crippen LogP contribution in [0.2, 0.25) is 0 Å². The highest BCUT2D eigenvalue weighted by Gasteiger charge is 2.42. The molecule has 2 aliphatic rings. The molecule has 1 N–H and O–H groups in total. The van der Waals surface area contributed by atoms with Gasteiger partial charge in [0.15, 0.2) is 11.6 Å². The molecular formula is C28H38FN5O5. The number of ether oxygens (including phenoxy) is 3. The Bertz CT molecular complexity index is 1140. The minimum absolute atomic E-state index is 0.0460. The van der Waals surface area contributed by atoms with Crippen LogP contribution in [0.3, 0.4) is 0 Å². The van der Waals surface area contributed by atoms with E-state index in [1.54, 1.807) is 4.90 Å². The highest BCUT2D eigenvalue weighted by atomic mass is 19.1. The average molecular weight is 544 g/mol. The summed E-state index contributed by atoms with van der Waals surface area (Å²) in [6, 6.07) is 9.00. The summed E-state index contributed by atoms with van der Waals surface area (Å²) in [7, 11) is 0. The lowest BCUT2D eigenvalue weighted by atomic mass is 9.90. The highest BCUT2D eigenvalue weighted by Crippen LogP contribution is 2.29. The summed E-state index contributed by atoms with van der Waals surface area (Å²) in [6.07, 6.45) is 1.19. The van der Waals surface area contributed by atoms with Crippen molar-refractivity contribution >= 4 is 24.0 Å². The van der Waals surface area contributed by atoms with E-state index in [0.717, 1.165) is 24.6 Å². The van der Waals surface area contributed by atoms with Gasteiger partial charge < -0.3 is 24.4 Å². The van der Waals surface area contributed by atoms with Crippen molar-refractivity contribution in [3.63, 3.8) is 0 Å². The summed E-state index contributed by atoms with van der Waals surface area (Å²) >= 11 is 0. The summed E-state index contributed by atoms with van der Waals surface area (Å²) in [5, 5.41) is 3.26. The van der Waals surface area contributed by atoms with Gasteiger partial charge in [-0.1, -0.05) is 30.3 Å². The third kappa shape index (κ3) is 7.35. The molecule has 0 radical (unpaired) electrons. The molecular weight excluding hydrogens is 505 g/mol. The number of carbonyl (C=O) groups is 2. The molecule has 2 saturated heterocycles. The van der Waals surface area contributed by atoms with Gasteiger partial charge in [-0.2, -0.15) is 4.98 Å². The van der Waals surface area contributed by atoms with Crippen LogP contribution in [0.5, 0.6) is 0 Å². The van der Waals surface area contributed by atoms with Crippen molar-refractivity contribution in [1.29, 1.82) is 0 Å². The van der Waals surface area contributed by atoms with Crippen molar-refractivity contribution in [1.82, 2.24) is 14.9 Å². The molecule has 0 saturated carbocycles. The van der Waals surface area contributed by atoms with E-state index in [2.05, 4.69) is 15.3 Å². The van der Waals surface area contributed by atoms with Gasteiger partial charge in [0.1, 0.15) is 19.3 Å². The van der Waals surface area contributed by atoms with E-state index in [-0.39, 0.29) is 43.0 Å². The van der Waals surface area contributed by atoms with E-state index in [1.807, 2.05) is 65.0 Å². The van der Waals surface area contributed by atoms with Crippen molar-refractivity contribution in [2.45, 2.75) is 77.9 Å². The number of rotatable bonds is 8. The molecule has 0 bridgehead atoms. The van der Waals surface area contributed by atoms with Crippen molar-refractivity contribution in [2.24, 2.45) is 5.92 Å². The molecule has 212 valence electrons. The first-order valence-electron chi connectivity index (χ1n) is 13.4. The van der Waals surface area contributed by atoms with Gasteiger partial charge in [-0.15, -0.1) is 0 Å². The number of benzene rings is 1. The van der Waals surface area contributed by atoms with Crippen molar-refractivity contribution < 1.29 is 28.2 Å². The van der Waals surface area contributed by atoms with E-state index in [9.17, 15) is 14.0 Å². The number of aromatic nitrogens is 2. The summed E-state index contributed by atoms with van der Waals surface area (Å²) in [6.45, 7) is 11.1. The van der Waals surface area contributed by atoms with Gasteiger partial charge in [0.05, 0.1) is 17.9 Å². The second-order valence-electron chi connectivity index (χ2n) is 11.1. The number of hydrogen-bond donors (Lipinski definition) is 1. The maximum absolute atomic E-state index is 14.9. The lowest BCUT2D eigenvalue weighted by Gasteiger charge is -2.34. The van der Waals surface area contributed by atoms with Gasteiger partial charge in [0.25, 0.3) is 0 Å². The van der Waals surface area contributed by atoms with Crippen LogP contribution < -0.4 is 10.2 Å². The number of carbonyl (C=O) groups excluding carboxylic acids is 2. The van der Waals surface area contributed by atoms with Gasteiger partial charge in [-0.25, -0.2) is 23.9 Å². The maximum Gasteiger partial charge on any atom is 0.416 e. The third-order valence-electron chi connectivity index (χ3n) is 7.01. The van der Waals surface area contributed by atoms with Crippen LogP contribution >= 0.6 is 0 Å². The lowest BCUT2D eigenvalue weighted by molar-refractivity contribution is -0.0618. The standard InChI is InChI=1S/C28H38FN5O5/c1-18(21-11-13-33(14-12-21)26(35)37-16-20-9-7-6-8-10-20)31-25-30-15-22(29)24(32-25)34-23(17-38-27(34)36)19(2)39-28(3,4)5/h6-10,15,18-19,21,23H,11-14,16-17H2,1-5H3,(H,30,31,32)/t18-,19?,23+/m0/s1. The minimum Gasteiger partial charge on any atom is -0.447 e. The number of likely N-dealkylation sites (tertiary alicyclic amines) is 1. The summed E-state index contributed by atoms with van der Waals surface area (Å²) in [5.41, 5.74) is 0.499. The molecule has 0 spiro atoms. The van der Waals surface area contributed by atoms with Gasteiger partial charge in [-0.3, -0.25) is 0 Å². The van der Waals surface area contributed by atoms with Gasteiger partial charge in [0.2, 0.25) is 5.95 Å². The van der Waals surface area contributed by atoms with E-state index < -0.39 is 29.7 Å². The molecule has 3 atom stereocenters. The van der Waals surface area contributed by atoms with Crippen LogP contribution in [0.25, 0.3) is 0 Å². The van der Waals surface area contributed by atoms with E-state index in [4.69, 9.17) is 14.2 Å². The quantitative estimate of drug-likeness (QED) is 0.496. The Morgan fingerprint density at radius 1 is 1.21 bits per heavy atom. The second-order valence-corrected chi connectivity index (χ2v) is 11.1. The Hall–Kier alpha value is -3.47. The second kappa shape index (κ2) is 12.1. The summed E-state index contributed by atoms with van der Waals surface area (Å²) in [5.74, 6) is -0.411. The molecule has 2 amide bonds. The van der Waals surface area contributed by atoms with E-state index in [0.29, 0.717) is 13.1 Å². The van der Waals surface area contributed by atoms with Crippen molar-refractivity contribution in [2.75, 3.05) is 29.9 Å². The van der Waals surface area contributed by atoms with Crippen LogP contribution in [-0.4, -0.2) is 70.5 Å². The normalized spacial score (nSPS) is 19.9. The van der Waals surface area contributed by atoms with Gasteiger partial charge in [0, 0.05) is 19.1 Å². The molecule has 11 heteroatoms. The number of anilines is 2. The first-order valence-corrected chi connectivity index (χ1v) is 13.4. The zero-order chi connectivity index (χ0) is 28.2. The lowest BCUT2D eigenvalue weighted by Crippen LogP contribution is -2.45. The Labute approximate surface area is 228 Å². The predicted molar refractivity (Wildman–Crippen MR) is 144 cm³/mol. The highest BCUT2D eigenvalue weighted by molar-refractivity contribution is 5.89. The number of nitrogens with zero attached hydrogens (tertiary/aromatic N) is 4. The Morgan fingerprint density at radius 3 is 2.56 bits per heavy atom. The number of halogens is 1. The zero-order valence-corrected chi connectivity index (χ0v) is 23.2. The monoisotopic (exact) mass is 543 g/mol.